The molecule has 0 unspecified atom stereocenters. The minimum absolute atomic E-state index is 0.0245. The van der Waals surface area contributed by atoms with Crippen molar-refractivity contribution in [3.05, 3.63) is 58.5 Å². The number of anilines is 1. The normalized spacial score (nSPS) is 20.2. The molecule has 1 saturated heterocycles. The molecule has 25 heavy (non-hydrogen) atoms. The van der Waals surface area contributed by atoms with E-state index in [0.29, 0.717) is 29.9 Å². The molecule has 0 radical (unpaired) electrons. The Bertz CT molecular complexity index is 899. The first-order valence-corrected chi connectivity index (χ1v) is 7.98. The lowest BCUT2D eigenvalue weighted by Crippen LogP contribution is -2.37. The summed E-state index contributed by atoms with van der Waals surface area (Å²) in [5, 5.41) is 12.2. The number of amides is 1. The highest BCUT2D eigenvalue weighted by atomic mass is 16.2. The summed E-state index contributed by atoms with van der Waals surface area (Å²) in [6, 6.07) is 11.5. The molecule has 0 saturated carbocycles. The smallest absolute Gasteiger partial charge is 0.255 e. The number of pyridine rings is 1. The van der Waals surface area contributed by atoms with Crippen LogP contribution in [0.2, 0.25) is 0 Å². The van der Waals surface area contributed by atoms with Crippen molar-refractivity contribution < 1.29 is 4.79 Å². The average Bonchev–Trinajstić information content (AvgIpc) is 2.94. The fraction of sp³-hybridized carbons (Fsp3) is 0.278. The minimum Gasteiger partial charge on any atom is -0.326 e. The number of nitrogens with two attached hydrogens (primary N) is 1. The van der Waals surface area contributed by atoms with Gasteiger partial charge in [-0.25, -0.2) is 0 Å². The Labute approximate surface area is 145 Å². The van der Waals surface area contributed by atoms with Crippen LogP contribution in [0, 0.1) is 11.3 Å². The van der Waals surface area contributed by atoms with Gasteiger partial charge in [-0.3, -0.25) is 19.1 Å². The van der Waals surface area contributed by atoms with E-state index in [2.05, 4.69) is 11.4 Å². The Morgan fingerprint density at radius 1 is 1.36 bits per heavy atom. The van der Waals surface area contributed by atoms with Crippen LogP contribution in [0.5, 0.6) is 0 Å². The van der Waals surface area contributed by atoms with Crippen LogP contribution in [0.15, 0.2) is 47.4 Å². The maximum absolute atomic E-state index is 12.5. The number of hydrogen-bond donors (Lipinski definition) is 2. The van der Waals surface area contributed by atoms with E-state index < -0.39 is 0 Å². The first-order valence-electron chi connectivity index (χ1n) is 7.98. The molecule has 128 valence electrons. The highest BCUT2D eigenvalue weighted by Gasteiger charge is 2.32. The number of carbonyl (C=O) groups is 1. The number of aromatic nitrogens is 1. The second-order valence-electron chi connectivity index (χ2n) is 6.19. The second kappa shape index (κ2) is 6.89. The van der Waals surface area contributed by atoms with Crippen molar-refractivity contribution in [3.8, 4) is 11.8 Å². The fourth-order valence-electron chi connectivity index (χ4n) is 3.09. The number of carbonyl (C=O) groups excluding carboxylic acids is 1. The predicted molar refractivity (Wildman–Crippen MR) is 94.4 cm³/mol. The van der Waals surface area contributed by atoms with Crippen LogP contribution >= 0.6 is 0 Å². The number of nitrogens with zero attached hydrogens (tertiary/aromatic N) is 3. The van der Waals surface area contributed by atoms with Crippen LogP contribution in [0.1, 0.15) is 12.0 Å². The second-order valence-corrected chi connectivity index (χ2v) is 6.19. The van der Waals surface area contributed by atoms with E-state index >= 15 is 0 Å². The van der Waals surface area contributed by atoms with Crippen molar-refractivity contribution in [2.24, 2.45) is 5.73 Å². The zero-order valence-corrected chi connectivity index (χ0v) is 13.8. The Hall–Kier alpha value is -2.95. The Morgan fingerprint density at radius 2 is 2.16 bits per heavy atom. The Morgan fingerprint density at radius 3 is 2.80 bits per heavy atom. The molecular formula is C18H19N5O2. The van der Waals surface area contributed by atoms with Gasteiger partial charge in [0, 0.05) is 24.8 Å². The SMILES string of the molecule is CN1C[C@@H](N)C[C@H]1C(=O)Nc1ccc(-n2ccccc2=O)cc1C#N. The molecule has 2 heterocycles. The van der Waals surface area contributed by atoms with E-state index in [-0.39, 0.29) is 23.6 Å². The van der Waals surface area contributed by atoms with E-state index in [1.165, 1.54) is 10.6 Å². The van der Waals surface area contributed by atoms with Crippen LogP contribution in [0.25, 0.3) is 5.69 Å². The number of benzene rings is 1. The third-order valence-corrected chi connectivity index (χ3v) is 4.37. The van der Waals surface area contributed by atoms with Crippen LogP contribution in [-0.4, -0.2) is 41.1 Å². The van der Waals surface area contributed by atoms with Crippen LogP contribution < -0.4 is 16.6 Å². The van der Waals surface area contributed by atoms with Crippen molar-refractivity contribution in [3.63, 3.8) is 0 Å². The maximum Gasteiger partial charge on any atom is 0.255 e. The summed E-state index contributed by atoms with van der Waals surface area (Å²) in [5.74, 6) is -0.184. The first-order chi connectivity index (χ1) is 12.0. The van der Waals surface area contributed by atoms with Gasteiger partial charge in [0.2, 0.25) is 5.91 Å². The molecule has 1 amide bonds. The molecule has 3 rings (SSSR count). The number of hydrogen-bond acceptors (Lipinski definition) is 5. The molecule has 0 spiro atoms. The van der Waals surface area contributed by atoms with Gasteiger partial charge in [-0.05, 0) is 37.7 Å². The van der Waals surface area contributed by atoms with Gasteiger partial charge in [-0.15, -0.1) is 0 Å². The zero-order valence-electron chi connectivity index (χ0n) is 13.8. The van der Waals surface area contributed by atoms with Crippen molar-refractivity contribution in [1.82, 2.24) is 9.47 Å². The fourth-order valence-corrected chi connectivity index (χ4v) is 3.09. The standard InChI is InChI=1S/C18H19N5O2/c1-22-11-13(20)9-16(22)18(25)21-15-6-5-14(8-12(15)10-19)23-7-3-2-4-17(23)24/h2-8,13,16H,9,11,20H2,1H3,(H,21,25)/t13-,16-/m0/s1. The third-order valence-electron chi connectivity index (χ3n) is 4.37. The van der Waals surface area contributed by atoms with Crippen LogP contribution in [0.4, 0.5) is 5.69 Å². The number of likely N-dealkylation sites (tertiary alicyclic amines) is 1. The zero-order chi connectivity index (χ0) is 18.0. The molecule has 0 aliphatic carbocycles. The van der Waals surface area contributed by atoms with Crippen LogP contribution in [0.3, 0.4) is 0 Å². The van der Waals surface area contributed by atoms with E-state index in [1.54, 1.807) is 36.5 Å². The number of nitrogens with one attached hydrogen (secondary N) is 1. The van der Waals surface area contributed by atoms with Gasteiger partial charge in [0.25, 0.3) is 5.56 Å². The van der Waals surface area contributed by atoms with Gasteiger partial charge >= 0.3 is 0 Å². The van der Waals surface area contributed by atoms with E-state index in [0.717, 1.165) is 0 Å². The summed E-state index contributed by atoms with van der Waals surface area (Å²) in [5.41, 5.74) is 7.00. The largest absolute Gasteiger partial charge is 0.326 e. The summed E-state index contributed by atoms with van der Waals surface area (Å²) >= 11 is 0. The average molecular weight is 337 g/mol. The summed E-state index contributed by atoms with van der Waals surface area (Å²) in [4.78, 5) is 26.3. The highest BCUT2D eigenvalue weighted by molar-refractivity contribution is 5.96. The molecule has 7 nitrogen and oxygen atoms in total. The van der Waals surface area contributed by atoms with Crippen LogP contribution in [-0.2, 0) is 4.79 Å². The molecular weight excluding hydrogens is 318 g/mol. The molecule has 1 fully saturated rings. The molecule has 1 aliphatic rings. The number of rotatable bonds is 3. The van der Waals surface area contributed by atoms with Gasteiger partial charge < -0.3 is 11.1 Å². The van der Waals surface area contributed by atoms with Gasteiger partial charge in [0.05, 0.1) is 23.0 Å². The number of nitriles is 1. The predicted octanol–water partition coefficient (Wildman–Crippen LogP) is 0.679. The van der Waals surface area contributed by atoms with Crippen molar-refractivity contribution in [2.75, 3.05) is 18.9 Å². The molecule has 2 atom stereocenters. The van der Waals surface area contributed by atoms with Gasteiger partial charge in [0.1, 0.15) is 6.07 Å². The summed E-state index contributed by atoms with van der Waals surface area (Å²) in [6.07, 6.45) is 2.22. The Kier molecular flexibility index (Phi) is 4.65. The summed E-state index contributed by atoms with van der Waals surface area (Å²) in [7, 11) is 1.85. The lowest BCUT2D eigenvalue weighted by Gasteiger charge is -2.19. The molecule has 1 aromatic heterocycles. The van der Waals surface area contributed by atoms with E-state index in [9.17, 15) is 14.9 Å². The lowest BCUT2D eigenvalue weighted by atomic mass is 10.1. The van der Waals surface area contributed by atoms with E-state index in [1.807, 2.05) is 11.9 Å². The molecule has 1 aliphatic heterocycles. The minimum atomic E-state index is -0.307. The monoisotopic (exact) mass is 337 g/mol. The summed E-state index contributed by atoms with van der Waals surface area (Å²) < 4.78 is 1.44. The molecule has 7 heteroatoms. The highest BCUT2D eigenvalue weighted by Crippen LogP contribution is 2.21. The van der Waals surface area contributed by atoms with Crippen molar-refractivity contribution in [2.45, 2.75) is 18.5 Å². The molecule has 0 bridgehead atoms. The number of likely N-dealkylation sites (N-methyl/N-ethyl adjacent to an activating group) is 1. The quantitative estimate of drug-likeness (QED) is 0.857. The lowest BCUT2D eigenvalue weighted by molar-refractivity contribution is -0.119. The maximum atomic E-state index is 12.5. The molecule has 3 N–H and O–H groups in total. The first kappa shape index (κ1) is 16.9. The third kappa shape index (κ3) is 3.45. The molecule has 2 aromatic rings. The van der Waals surface area contributed by atoms with Crippen molar-refractivity contribution in [1.29, 1.82) is 5.26 Å². The van der Waals surface area contributed by atoms with E-state index in [4.69, 9.17) is 5.73 Å². The van der Waals surface area contributed by atoms with Gasteiger partial charge in [-0.1, -0.05) is 6.07 Å². The summed E-state index contributed by atoms with van der Waals surface area (Å²) in [6.45, 7) is 0.666. The molecule has 1 aromatic carbocycles. The topological polar surface area (TPSA) is 104 Å². The Balaban J connectivity index is 1.86. The van der Waals surface area contributed by atoms with Gasteiger partial charge in [-0.2, -0.15) is 5.26 Å². The van der Waals surface area contributed by atoms with Gasteiger partial charge in [0.15, 0.2) is 0 Å². The van der Waals surface area contributed by atoms with Crippen molar-refractivity contribution >= 4 is 11.6 Å².